The Morgan fingerprint density at radius 2 is 2.00 bits per heavy atom. The van der Waals surface area contributed by atoms with Crippen LogP contribution in [0.5, 0.6) is 0 Å². The Hall–Kier alpha value is -2.89. The maximum absolute atomic E-state index is 12.0. The van der Waals surface area contributed by atoms with Crippen LogP contribution in [0.3, 0.4) is 0 Å². The summed E-state index contributed by atoms with van der Waals surface area (Å²) in [5.41, 5.74) is 3.56. The normalized spacial score (nSPS) is 15.0. The van der Waals surface area contributed by atoms with Crippen LogP contribution in [0.1, 0.15) is 0 Å². The number of rotatable bonds is 4. The fraction of sp³-hybridized carbons (Fsp3) is 0.263. The zero-order chi connectivity index (χ0) is 20.7. The zero-order valence-electron chi connectivity index (χ0n) is 16.1. The molecular weight excluding hydrogens is 424 g/mol. The number of anilines is 1. The molecule has 4 aromatic heterocycles. The van der Waals surface area contributed by atoms with Gasteiger partial charge in [-0.3, -0.25) is 10.1 Å². The van der Waals surface area contributed by atoms with Crippen LogP contribution >= 0.6 is 11.3 Å². The van der Waals surface area contributed by atoms with E-state index >= 15 is 0 Å². The van der Waals surface area contributed by atoms with Crippen LogP contribution < -0.4 is 4.90 Å². The van der Waals surface area contributed by atoms with Crippen molar-refractivity contribution in [3.05, 3.63) is 36.0 Å². The molecule has 0 radical (unpaired) electrons. The molecule has 1 saturated heterocycles. The molecule has 154 valence electrons. The van der Waals surface area contributed by atoms with E-state index < -0.39 is 9.84 Å². The number of fused-ring (bicyclic) bond motifs is 1. The highest BCUT2D eigenvalue weighted by Gasteiger charge is 2.21. The van der Waals surface area contributed by atoms with Crippen molar-refractivity contribution < 1.29 is 13.2 Å². The minimum absolute atomic E-state index is 0.0956. The highest BCUT2D eigenvalue weighted by Crippen LogP contribution is 2.36. The van der Waals surface area contributed by atoms with Gasteiger partial charge < -0.3 is 9.64 Å². The van der Waals surface area contributed by atoms with Crippen LogP contribution in [0.15, 0.2) is 40.3 Å². The number of pyridine rings is 2. The Kier molecular flexibility index (Phi) is 4.72. The minimum Gasteiger partial charge on any atom is -0.378 e. The third kappa shape index (κ3) is 3.44. The molecule has 1 fully saturated rings. The van der Waals surface area contributed by atoms with Gasteiger partial charge in [0.05, 0.1) is 24.6 Å². The molecule has 1 aliphatic heterocycles. The van der Waals surface area contributed by atoms with Gasteiger partial charge in [0, 0.05) is 48.1 Å². The standard InChI is InChI=1S/C19H18N6O3S2/c1-30(26,27)19-22-15(11-29-19)13-10-16(25-6-8-28-9-7-25)23-17-12(13)2-4-20-18(17)14-3-5-21-24-14/h2-5,10-11H,6-9H2,1H3,(H,21,24). The summed E-state index contributed by atoms with van der Waals surface area (Å²) < 4.78 is 29.5. The molecule has 0 saturated carbocycles. The summed E-state index contributed by atoms with van der Waals surface area (Å²) in [4.78, 5) is 16.0. The molecule has 11 heteroatoms. The Morgan fingerprint density at radius 3 is 2.70 bits per heavy atom. The number of thiazole rings is 1. The molecule has 30 heavy (non-hydrogen) atoms. The van der Waals surface area contributed by atoms with Crippen LogP contribution in [-0.2, 0) is 14.6 Å². The fourth-order valence-corrected chi connectivity index (χ4v) is 5.09. The van der Waals surface area contributed by atoms with Crippen molar-refractivity contribution in [1.29, 1.82) is 0 Å². The molecule has 5 rings (SSSR count). The van der Waals surface area contributed by atoms with Crippen LogP contribution in [-0.4, -0.2) is 66.1 Å². The number of hydrogen-bond acceptors (Lipinski definition) is 9. The van der Waals surface area contributed by atoms with Crippen molar-refractivity contribution in [2.75, 3.05) is 37.5 Å². The first-order valence-corrected chi connectivity index (χ1v) is 12.1. The van der Waals surface area contributed by atoms with E-state index in [-0.39, 0.29) is 4.34 Å². The van der Waals surface area contributed by atoms with Crippen LogP contribution in [0.4, 0.5) is 5.82 Å². The minimum atomic E-state index is -3.38. The molecule has 1 N–H and O–H groups in total. The molecule has 0 spiro atoms. The van der Waals surface area contributed by atoms with Crippen LogP contribution in [0.2, 0.25) is 0 Å². The summed E-state index contributed by atoms with van der Waals surface area (Å²) in [6.07, 6.45) is 4.54. The van der Waals surface area contributed by atoms with Gasteiger partial charge >= 0.3 is 0 Å². The van der Waals surface area contributed by atoms with Crippen molar-refractivity contribution in [2.24, 2.45) is 0 Å². The van der Waals surface area contributed by atoms with Gasteiger partial charge in [0.15, 0.2) is 0 Å². The second kappa shape index (κ2) is 7.42. The lowest BCUT2D eigenvalue weighted by molar-refractivity contribution is 0.122. The first kappa shape index (κ1) is 19.1. The molecule has 0 bridgehead atoms. The summed E-state index contributed by atoms with van der Waals surface area (Å²) in [6, 6.07) is 5.68. The van der Waals surface area contributed by atoms with E-state index in [4.69, 9.17) is 9.72 Å². The number of aromatic nitrogens is 5. The molecule has 4 aromatic rings. The predicted octanol–water partition coefficient (Wildman–Crippen LogP) is 2.38. The van der Waals surface area contributed by atoms with Crippen molar-refractivity contribution in [3.8, 4) is 22.6 Å². The third-order valence-electron chi connectivity index (χ3n) is 4.88. The number of nitrogens with one attached hydrogen (secondary N) is 1. The Bertz CT molecular complexity index is 1310. The highest BCUT2D eigenvalue weighted by atomic mass is 32.2. The lowest BCUT2D eigenvalue weighted by Gasteiger charge is -2.28. The van der Waals surface area contributed by atoms with Gasteiger partial charge in [-0.1, -0.05) is 0 Å². The summed E-state index contributed by atoms with van der Waals surface area (Å²) >= 11 is 1.12. The molecule has 0 amide bonds. The summed E-state index contributed by atoms with van der Waals surface area (Å²) in [7, 11) is -3.38. The van der Waals surface area contributed by atoms with Crippen molar-refractivity contribution in [3.63, 3.8) is 0 Å². The van der Waals surface area contributed by atoms with E-state index in [0.717, 1.165) is 46.9 Å². The van der Waals surface area contributed by atoms with Gasteiger partial charge in [-0.2, -0.15) is 5.10 Å². The molecule has 5 heterocycles. The van der Waals surface area contributed by atoms with E-state index in [9.17, 15) is 8.42 Å². The smallest absolute Gasteiger partial charge is 0.209 e. The summed E-state index contributed by atoms with van der Waals surface area (Å²) in [6.45, 7) is 2.71. The number of morpholine rings is 1. The molecule has 0 aromatic carbocycles. The van der Waals surface area contributed by atoms with Crippen LogP contribution in [0.25, 0.3) is 33.5 Å². The number of sulfone groups is 1. The average molecular weight is 443 g/mol. The maximum Gasteiger partial charge on any atom is 0.209 e. The number of H-pyrrole nitrogens is 1. The second-order valence-corrected chi connectivity index (χ2v) is 9.97. The van der Waals surface area contributed by atoms with Gasteiger partial charge in [-0.15, -0.1) is 11.3 Å². The van der Waals surface area contributed by atoms with Gasteiger partial charge in [0.1, 0.15) is 17.0 Å². The van der Waals surface area contributed by atoms with Gasteiger partial charge in [0.2, 0.25) is 14.2 Å². The Labute approximate surface area is 176 Å². The molecule has 1 aliphatic rings. The Morgan fingerprint density at radius 1 is 1.17 bits per heavy atom. The van der Waals surface area contributed by atoms with E-state index in [1.54, 1.807) is 17.8 Å². The molecule has 9 nitrogen and oxygen atoms in total. The first-order valence-electron chi connectivity index (χ1n) is 9.29. The first-order chi connectivity index (χ1) is 14.5. The van der Waals surface area contributed by atoms with E-state index in [0.29, 0.717) is 30.1 Å². The van der Waals surface area contributed by atoms with E-state index in [1.807, 2.05) is 18.2 Å². The third-order valence-corrected chi connectivity index (χ3v) is 7.44. The van der Waals surface area contributed by atoms with Gasteiger partial charge in [-0.25, -0.2) is 18.4 Å². The van der Waals surface area contributed by atoms with Crippen molar-refractivity contribution in [1.82, 2.24) is 25.1 Å². The second-order valence-electron chi connectivity index (χ2n) is 6.92. The van der Waals surface area contributed by atoms with Crippen LogP contribution in [0, 0.1) is 0 Å². The fourth-order valence-electron chi connectivity index (χ4n) is 3.44. The quantitative estimate of drug-likeness (QED) is 0.512. The topological polar surface area (TPSA) is 114 Å². The monoisotopic (exact) mass is 442 g/mol. The largest absolute Gasteiger partial charge is 0.378 e. The summed E-state index contributed by atoms with van der Waals surface area (Å²) in [5, 5.41) is 9.59. The van der Waals surface area contributed by atoms with Gasteiger partial charge in [0.25, 0.3) is 0 Å². The lowest BCUT2D eigenvalue weighted by Crippen LogP contribution is -2.36. The van der Waals surface area contributed by atoms with Crippen molar-refractivity contribution >= 4 is 37.9 Å². The number of nitrogens with zero attached hydrogens (tertiary/aromatic N) is 5. The van der Waals surface area contributed by atoms with E-state index in [1.165, 1.54) is 6.26 Å². The summed E-state index contributed by atoms with van der Waals surface area (Å²) in [5.74, 6) is 0.781. The SMILES string of the molecule is CS(=O)(=O)c1nc(-c2cc(N3CCOCC3)nc3c(-c4ccn[nH]4)nccc23)cs1. The number of hydrogen-bond donors (Lipinski definition) is 1. The molecular formula is C19H18N6O3S2. The lowest BCUT2D eigenvalue weighted by atomic mass is 10.1. The molecule has 0 unspecified atom stereocenters. The maximum atomic E-state index is 12.0. The predicted molar refractivity (Wildman–Crippen MR) is 114 cm³/mol. The zero-order valence-corrected chi connectivity index (χ0v) is 17.7. The average Bonchev–Trinajstić information content (AvgIpc) is 3.45. The van der Waals surface area contributed by atoms with Gasteiger partial charge in [-0.05, 0) is 18.2 Å². The molecule has 0 aliphatic carbocycles. The van der Waals surface area contributed by atoms with Crippen molar-refractivity contribution in [2.45, 2.75) is 4.34 Å². The number of aromatic amines is 1. The Balaban J connectivity index is 1.76. The highest BCUT2D eigenvalue weighted by molar-refractivity contribution is 7.92. The number of ether oxygens (including phenoxy) is 1. The van der Waals surface area contributed by atoms with E-state index in [2.05, 4.69) is 25.1 Å². The molecule has 0 atom stereocenters.